The number of hydrogen-bond acceptors (Lipinski definition) is 3. The molecule has 2 fully saturated rings. The smallest absolute Gasteiger partial charge is 0.304 e. The number of aliphatic carboxylic acids is 1. The third-order valence-electron chi connectivity index (χ3n) is 4.30. The van der Waals surface area contributed by atoms with Crippen LogP contribution in [0.25, 0.3) is 0 Å². The zero-order chi connectivity index (χ0) is 15.0. The number of anilines is 1. The molecule has 1 saturated heterocycles. The van der Waals surface area contributed by atoms with Crippen molar-refractivity contribution in [2.45, 2.75) is 24.7 Å². The van der Waals surface area contributed by atoms with Gasteiger partial charge in [-0.2, -0.15) is 0 Å². The molecule has 0 atom stereocenters. The summed E-state index contributed by atoms with van der Waals surface area (Å²) in [5.74, 6) is -2.73. The maximum atomic E-state index is 13.7. The van der Waals surface area contributed by atoms with Gasteiger partial charge in [0.15, 0.2) is 11.6 Å². The quantitative estimate of drug-likeness (QED) is 0.926. The Kier molecular flexibility index (Phi) is 3.57. The fourth-order valence-corrected chi connectivity index (χ4v) is 3.01. The molecule has 1 aromatic carbocycles. The molecule has 1 aliphatic heterocycles. The molecule has 1 aliphatic carbocycles. The fourth-order valence-electron chi connectivity index (χ4n) is 3.01. The molecule has 6 heteroatoms. The van der Waals surface area contributed by atoms with Crippen LogP contribution in [0.15, 0.2) is 12.1 Å². The Balaban J connectivity index is 2.01. The largest absolute Gasteiger partial charge is 0.481 e. The number of nitrogens with zero attached hydrogens (tertiary/aromatic N) is 1. The molecule has 1 saturated carbocycles. The van der Waals surface area contributed by atoms with Gasteiger partial charge >= 0.3 is 5.97 Å². The highest BCUT2D eigenvalue weighted by molar-refractivity contribution is 5.72. The van der Waals surface area contributed by atoms with Crippen LogP contribution in [0, 0.1) is 11.6 Å². The first-order valence-electron chi connectivity index (χ1n) is 7.06. The highest BCUT2D eigenvalue weighted by Crippen LogP contribution is 2.54. The van der Waals surface area contributed by atoms with E-state index in [0.717, 1.165) is 0 Å². The van der Waals surface area contributed by atoms with Crippen molar-refractivity contribution in [3.05, 3.63) is 29.3 Å². The first kappa shape index (κ1) is 14.3. The summed E-state index contributed by atoms with van der Waals surface area (Å²) >= 11 is 0. The van der Waals surface area contributed by atoms with Gasteiger partial charge in [-0.15, -0.1) is 0 Å². The van der Waals surface area contributed by atoms with Crippen molar-refractivity contribution in [3.63, 3.8) is 0 Å². The van der Waals surface area contributed by atoms with E-state index < -0.39 is 23.0 Å². The molecule has 1 N–H and O–H groups in total. The Morgan fingerprint density at radius 1 is 1.24 bits per heavy atom. The number of carboxylic acids is 1. The van der Waals surface area contributed by atoms with Gasteiger partial charge in [-0.3, -0.25) is 4.79 Å². The van der Waals surface area contributed by atoms with E-state index in [1.165, 1.54) is 12.1 Å². The Hall–Kier alpha value is -1.69. The Bertz CT molecular complexity index is 566. The van der Waals surface area contributed by atoms with Crippen molar-refractivity contribution in [3.8, 4) is 0 Å². The van der Waals surface area contributed by atoms with Crippen LogP contribution in [-0.4, -0.2) is 37.4 Å². The lowest BCUT2D eigenvalue weighted by molar-refractivity contribution is -0.137. The molecule has 3 rings (SSSR count). The molecule has 21 heavy (non-hydrogen) atoms. The molecule has 0 unspecified atom stereocenters. The van der Waals surface area contributed by atoms with Gasteiger partial charge in [0.05, 0.1) is 19.6 Å². The number of ether oxygens (including phenoxy) is 1. The molecule has 1 heterocycles. The molecule has 0 spiro atoms. The van der Waals surface area contributed by atoms with E-state index in [4.69, 9.17) is 9.84 Å². The molecule has 0 bridgehead atoms. The Labute approximate surface area is 121 Å². The number of hydrogen-bond donors (Lipinski definition) is 1. The highest BCUT2D eigenvalue weighted by atomic mass is 19.2. The maximum absolute atomic E-state index is 13.7. The van der Waals surface area contributed by atoms with Crippen molar-refractivity contribution in [1.82, 2.24) is 0 Å². The number of halogens is 2. The van der Waals surface area contributed by atoms with Gasteiger partial charge < -0.3 is 14.7 Å². The van der Waals surface area contributed by atoms with Crippen LogP contribution in [0.2, 0.25) is 0 Å². The summed E-state index contributed by atoms with van der Waals surface area (Å²) in [5.41, 5.74) is 0.676. The second-order valence-electron chi connectivity index (χ2n) is 5.73. The average Bonchev–Trinajstić information content (AvgIpc) is 3.22. The van der Waals surface area contributed by atoms with E-state index >= 15 is 0 Å². The van der Waals surface area contributed by atoms with Gasteiger partial charge in [-0.05, 0) is 24.5 Å². The summed E-state index contributed by atoms with van der Waals surface area (Å²) in [6.07, 6.45) is 1.35. The minimum absolute atomic E-state index is 0.0462. The topological polar surface area (TPSA) is 49.8 Å². The number of benzene rings is 1. The SMILES string of the molecule is O=C(O)CC1(c2cc(F)c(F)cc2N2CCOCC2)CC1. The van der Waals surface area contributed by atoms with Gasteiger partial charge in [0.1, 0.15) is 0 Å². The Morgan fingerprint density at radius 3 is 2.43 bits per heavy atom. The number of carboxylic acid groups (broad SMARTS) is 1. The third-order valence-corrected chi connectivity index (χ3v) is 4.30. The number of rotatable bonds is 4. The van der Waals surface area contributed by atoms with Gasteiger partial charge in [0.2, 0.25) is 0 Å². The van der Waals surface area contributed by atoms with Crippen molar-refractivity contribution < 1.29 is 23.4 Å². The van der Waals surface area contributed by atoms with Crippen molar-refractivity contribution in [2.24, 2.45) is 0 Å². The minimum atomic E-state index is -0.918. The summed E-state index contributed by atoms with van der Waals surface area (Å²) in [5, 5.41) is 9.07. The average molecular weight is 297 g/mol. The Morgan fingerprint density at radius 2 is 1.86 bits per heavy atom. The van der Waals surface area contributed by atoms with Crippen LogP contribution in [0.4, 0.5) is 14.5 Å². The zero-order valence-electron chi connectivity index (χ0n) is 11.6. The predicted octanol–water partition coefficient (Wildman–Crippen LogP) is 2.31. The lowest BCUT2D eigenvalue weighted by Gasteiger charge is -2.32. The second kappa shape index (κ2) is 5.26. The first-order chi connectivity index (χ1) is 10.0. The second-order valence-corrected chi connectivity index (χ2v) is 5.73. The van der Waals surface area contributed by atoms with Crippen LogP contribution >= 0.6 is 0 Å². The number of morpholine rings is 1. The highest BCUT2D eigenvalue weighted by Gasteiger charge is 2.48. The van der Waals surface area contributed by atoms with E-state index in [-0.39, 0.29) is 6.42 Å². The van der Waals surface area contributed by atoms with Gasteiger partial charge in [0, 0.05) is 30.3 Å². The summed E-state index contributed by atoms with van der Waals surface area (Å²) in [6.45, 7) is 2.26. The fraction of sp³-hybridized carbons (Fsp3) is 0.533. The first-order valence-corrected chi connectivity index (χ1v) is 7.06. The molecule has 4 nitrogen and oxygen atoms in total. The van der Waals surface area contributed by atoms with Crippen LogP contribution in [-0.2, 0) is 14.9 Å². The molecule has 1 aromatic rings. The minimum Gasteiger partial charge on any atom is -0.481 e. The van der Waals surface area contributed by atoms with Gasteiger partial charge in [0.25, 0.3) is 0 Å². The van der Waals surface area contributed by atoms with Gasteiger partial charge in [-0.25, -0.2) is 8.78 Å². The summed E-state index contributed by atoms with van der Waals surface area (Å²) in [7, 11) is 0. The summed E-state index contributed by atoms with van der Waals surface area (Å²) in [6, 6.07) is 2.37. The van der Waals surface area contributed by atoms with Crippen molar-refractivity contribution in [2.75, 3.05) is 31.2 Å². The summed E-state index contributed by atoms with van der Waals surface area (Å²) in [4.78, 5) is 13.0. The molecule has 2 aliphatic rings. The van der Waals surface area contributed by atoms with Crippen molar-refractivity contribution >= 4 is 11.7 Å². The molecule has 0 amide bonds. The number of carbonyl (C=O) groups is 1. The van der Waals surface area contributed by atoms with Crippen molar-refractivity contribution in [1.29, 1.82) is 0 Å². The monoisotopic (exact) mass is 297 g/mol. The van der Waals surface area contributed by atoms with Crippen LogP contribution in [0.1, 0.15) is 24.8 Å². The third kappa shape index (κ3) is 2.72. The lowest BCUT2D eigenvalue weighted by Crippen LogP contribution is -2.37. The van der Waals surface area contributed by atoms with E-state index in [2.05, 4.69) is 0 Å². The molecule has 0 radical (unpaired) electrons. The molecule has 114 valence electrons. The van der Waals surface area contributed by atoms with Crippen LogP contribution in [0.5, 0.6) is 0 Å². The van der Waals surface area contributed by atoms with E-state index in [1.54, 1.807) is 0 Å². The normalized spacial score (nSPS) is 20.4. The summed E-state index contributed by atoms with van der Waals surface area (Å²) < 4.78 is 32.6. The van der Waals surface area contributed by atoms with Gasteiger partial charge in [-0.1, -0.05) is 0 Å². The molecule has 0 aromatic heterocycles. The molecular formula is C15H17F2NO3. The predicted molar refractivity (Wildman–Crippen MR) is 72.6 cm³/mol. The van der Waals surface area contributed by atoms with E-state index in [1.807, 2.05) is 4.90 Å². The maximum Gasteiger partial charge on any atom is 0.304 e. The zero-order valence-corrected chi connectivity index (χ0v) is 11.6. The van der Waals surface area contributed by atoms with E-state index in [9.17, 15) is 13.6 Å². The standard InChI is InChI=1S/C15H17F2NO3/c16-11-7-10(15(1-2-15)9-14(19)20)13(8-12(11)17)18-3-5-21-6-4-18/h7-8H,1-6,9H2,(H,19,20). The van der Waals surface area contributed by atoms with Crippen LogP contribution < -0.4 is 4.90 Å². The molecular weight excluding hydrogens is 280 g/mol. The van der Waals surface area contributed by atoms with E-state index in [0.29, 0.717) is 50.4 Å². The van der Waals surface area contributed by atoms with Crippen LogP contribution in [0.3, 0.4) is 0 Å². The lowest BCUT2D eigenvalue weighted by atomic mass is 9.90.